The molecule has 3 heterocycles. The summed E-state index contributed by atoms with van der Waals surface area (Å²) >= 11 is 0. The van der Waals surface area contributed by atoms with Crippen LogP contribution in [0.15, 0.2) is 24.7 Å². The van der Waals surface area contributed by atoms with Gasteiger partial charge in [0.1, 0.15) is 11.4 Å². The molecule has 0 aromatic carbocycles. The third-order valence-electron chi connectivity index (χ3n) is 6.34. The second-order valence-corrected chi connectivity index (χ2v) is 8.93. The Morgan fingerprint density at radius 2 is 1.81 bits per heavy atom. The van der Waals surface area contributed by atoms with Gasteiger partial charge in [0.2, 0.25) is 5.91 Å². The fraction of sp³-hybridized carbons (Fsp3) is 0.455. The first-order valence-corrected chi connectivity index (χ1v) is 11.2. The van der Waals surface area contributed by atoms with Gasteiger partial charge in [0, 0.05) is 30.6 Å². The zero-order chi connectivity index (χ0) is 26.3. The van der Waals surface area contributed by atoms with Crippen LogP contribution in [0, 0.1) is 11.7 Å². The minimum Gasteiger partial charge on any atom is -0.307 e. The molecule has 2 bridgehead atoms. The number of hydrazine groups is 1. The number of anilines is 1. The molecule has 36 heavy (non-hydrogen) atoms. The second kappa shape index (κ2) is 9.32. The molecule has 2 aliphatic rings. The maximum atomic E-state index is 13.5. The molecule has 1 saturated carbocycles. The molecule has 0 spiro atoms. The lowest BCUT2D eigenvalue weighted by molar-refractivity contribution is -0.157. The van der Waals surface area contributed by atoms with Crippen LogP contribution in [0.25, 0.3) is 11.4 Å². The molecule has 192 valence electrons. The highest BCUT2D eigenvalue weighted by Crippen LogP contribution is 2.50. The van der Waals surface area contributed by atoms with Crippen molar-refractivity contribution >= 4 is 23.7 Å². The van der Waals surface area contributed by atoms with E-state index in [0.29, 0.717) is 25.5 Å². The Hall–Kier alpha value is -3.84. The van der Waals surface area contributed by atoms with Crippen LogP contribution in [-0.2, 0) is 15.8 Å². The summed E-state index contributed by atoms with van der Waals surface area (Å²) in [6.07, 6.45) is -1.31. The van der Waals surface area contributed by atoms with E-state index in [0.717, 1.165) is 18.5 Å². The molecular weight excluding hydrogens is 486 g/mol. The summed E-state index contributed by atoms with van der Waals surface area (Å²) in [6, 6.07) is -0.0514. The van der Waals surface area contributed by atoms with Crippen molar-refractivity contribution in [3.63, 3.8) is 0 Å². The number of carbonyl (C=O) groups excluding carboxylic acids is 3. The van der Waals surface area contributed by atoms with Gasteiger partial charge in [-0.15, -0.1) is 0 Å². The highest BCUT2D eigenvalue weighted by atomic mass is 19.4. The summed E-state index contributed by atoms with van der Waals surface area (Å²) in [5.41, 5.74) is 1.78. The molecule has 1 aliphatic heterocycles. The molecule has 4 rings (SSSR count). The number of likely N-dealkylation sites (tertiary alicyclic amines) is 1. The van der Waals surface area contributed by atoms with Gasteiger partial charge in [-0.25, -0.2) is 24.1 Å². The number of fused-ring (bicyclic) bond motifs is 2. The Morgan fingerprint density at radius 1 is 1.11 bits per heavy atom. The van der Waals surface area contributed by atoms with Crippen molar-refractivity contribution in [3.05, 3.63) is 36.0 Å². The van der Waals surface area contributed by atoms with Crippen LogP contribution >= 0.6 is 0 Å². The number of aromatic nitrogens is 3. The van der Waals surface area contributed by atoms with Crippen LogP contribution < -0.4 is 16.2 Å². The van der Waals surface area contributed by atoms with E-state index in [1.54, 1.807) is 6.92 Å². The normalized spacial score (nSPS) is 22.9. The number of pyridine rings is 1. The minimum absolute atomic E-state index is 0.131. The summed E-state index contributed by atoms with van der Waals surface area (Å²) in [7, 11) is 0. The van der Waals surface area contributed by atoms with Crippen LogP contribution in [0.5, 0.6) is 0 Å². The van der Waals surface area contributed by atoms with Gasteiger partial charge in [-0.1, -0.05) is 13.8 Å². The van der Waals surface area contributed by atoms with E-state index in [1.807, 2.05) is 6.92 Å². The molecule has 2 aromatic heterocycles. The molecule has 3 N–H and O–H groups in total. The maximum Gasteiger partial charge on any atom is 0.418 e. The average molecular weight is 509 g/mol. The Morgan fingerprint density at radius 3 is 2.44 bits per heavy atom. The zero-order valence-corrected chi connectivity index (χ0v) is 19.3. The smallest absolute Gasteiger partial charge is 0.307 e. The second-order valence-electron chi connectivity index (χ2n) is 8.93. The van der Waals surface area contributed by atoms with Crippen LogP contribution in [-0.4, -0.2) is 49.3 Å². The predicted octanol–water partition coefficient (Wildman–Crippen LogP) is 3.03. The monoisotopic (exact) mass is 509 g/mol. The lowest BCUT2D eigenvalue weighted by atomic mass is 9.64. The number of alkyl halides is 3. The van der Waals surface area contributed by atoms with Crippen LogP contribution in [0.1, 0.15) is 45.1 Å². The number of rotatable bonds is 4. The van der Waals surface area contributed by atoms with Crippen molar-refractivity contribution in [2.24, 2.45) is 5.92 Å². The topological polar surface area (TPSA) is 129 Å². The van der Waals surface area contributed by atoms with Crippen molar-refractivity contribution < 1.29 is 31.9 Å². The fourth-order valence-corrected chi connectivity index (χ4v) is 4.85. The maximum absolute atomic E-state index is 13.5. The van der Waals surface area contributed by atoms with Crippen molar-refractivity contribution in [1.29, 1.82) is 0 Å². The Labute approximate surface area is 202 Å². The molecule has 3 unspecified atom stereocenters. The molecule has 10 nitrogen and oxygen atoms in total. The summed E-state index contributed by atoms with van der Waals surface area (Å²) in [5.74, 6) is -2.29. The lowest BCUT2D eigenvalue weighted by Crippen LogP contribution is -2.78. The molecule has 2 aromatic rings. The molecule has 3 atom stereocenters. The van der Waals surface area contributed by atoms with Crippen molar-refractivity contribution in [3.8, 4) is 11.4 Å². The third kappa shape index (κ3) is 4.66. The standard InChI is InChI=1S/C22H23F4N7O3/c1-3-17(34)31-32-19(35)21-6-11(2)4-13(7-21)33(21)20(36)30-16-5-14(15(10-27-16)22(24,25)26)18-28-8-12(23)9-29-18/h5,8-11,13H,3-4,6-7H2,1-2H3,(H,31,34)(H,32,35)(H,27,30,36). The molecule has 1 aliphatic carbocycles. The number of halogens is 4. The van der Waals surface area contributed by atoms with Crippen LogP contribution in [0.2, 0.25) is 0 Å². The van der Waals surface area contributed by atoms with Gasteiger partial charge in [0.05, 0.1) is 18.0 Å². The van der Waals surface area contributed by atoms with Crippen molar-refractivity contribution in [2.45, 2.75) is 57.3 Å². The highest BCUT2D eigenvalue weighted by molar-refractivity contribution is 5.98. The van der Waals surface area contributed by atoms with Crippen molar-refractivity contribution in [2.75, 3.05) is 5.32 Å². The predicted molar refractivity (Wildman–Crippen MR) is 117 cm³/mol. The van der Waals surface area contributed by atoms with Gasteiger partial charge in [0.15, 0.2) is 11.6 Å². The summed E-state index contributed by atoms with van der Waals surface area (Å²) in [4.78, 5) is 50.0. The Balaban J connectivity index is 1.60. The van der Waals surface area contributed by atoms with E-state index in [9.17, 15) is 31.9 Å². The quantitative estimate of drug-likeness (QED) is 0.429. The minimum atomic E-state index is -4.81. The molecule has 0 radical (unpaired) electrons. The first-order chi connectivity index (χ1) is 16.9. The number of hydrogen-bond acceptors (Lipinski definition) is 6. The van der Waals surface area contributed by atoms with E-state index in [4.69, 9.17) is 0 Å². The van der Waals surface area contributed by atoms with Gasteiger partial charge in [0.25, 0.3) is 5.91 Å². The zero-order valence-electron chi connectivity index (χ0n) is 19.3. The van der Waals surface area contributed by atoms with Gasteiger partial charge < -0.3 is 4.90 Å². The van der Waals surface area contributed by atoms with E-state index in [2.05, 4.69) is 31.1 Å². The van der Waals surface area contributed by atoms with Gasteiger partial charge >= 0.3 is 12.2 Å². The Kier molecular flexibility index (Phi) is 6.54. The number of amides is 4. The van der Waals surface area contributed by atoms with Gasteiger partial charge in [-0.2, -0.15) is 13.2 Å². The number of urea groups is 1. The molecule has 14 heteroatoms. The molecule has 2 fully saturated rings. The van der Waals surface area contributed by atoms with Crippen molar-refractivity contribution in [1.82, 2.24) is 30.7 Å². The van der Waals surface area contributed by atoms with E-state index >= 15 is 0 Å². The average Bonchev–Trinajstić information content (AvgIpc) is 2.81. The number of hydrogen-bond donors (Lipinski definition) is 3. The first-order valence-electron chi connectivity index (χ1n) is 11.2. The molecular formula is C22H23F4N7O3. The first kappa shape index (κ1) is 25.3. The molecule has 4 amide bonds. The van der Waals surface area contributed by atoms with E-state index in [-0.39, 0.29) is 24.2 Å². The largest absolute Gasteiger partial charge is 0.418 e. The van der Waals surface area contributed by atoms with E-state index < -0.39 is 52.3 Å². The highest BCUT2D eigenvalue weighted by Gasteiger charge is 2.62. The third-order valence-corrected chi connectivity index (χ3v) is 6.34. The van der Waals surface area contributed by atoms with Crippen LogP contribution in [0.4, 0.5) is 28.2 Å². The fourth-order valence-electron chi connectivity index (χ4n) is 4.85. The summed E-state index contributed by atoms with van der Waals surface area (Å²) < 4.78 is 53.8. The number of nitrogens with one attached hydrogen (secondary N) is 3. The summed E-state index contributed by atoms with van der Waals surface area (Å²) in [5, 5.41) is 2.45. The summed E-state index contributed by atoms with van der Waals surface area (Å²) in [6.45, 7) is 3.56. The SMILES string of the molecule is CCC(=O)NNC(=O)C12CC(C)CC(C1)N2C(=O)Nc1cc(-c2ncc(F)cn2)c(C(F)(F)F)cn1. The Bertz CT molecular complexity index is 1190. The number of piperidine rings is 1. The van der Waals surface area contributed by atoms with Gasteiger partial charge in [-0.3, -0.25) is 25.8 Å². The van der Waals surface area contributed by atoms with Crippen LogP contribution in [0.3, 0.4) is 0 Å². The molecule has 1 saturated heterocycles. The van der Waals surface area contributed by atoms with E-state index in [1.165, 1.54) is 4.90 Å². The number of nitrogens with zero attached hydrogens (tertiary/aromatic N) is 4. The number of carbonyl (C=O) groups is 3. The lowest BCUT2D eigenvalue weighted by Gasteiger charge is -2.61. The van der Waals surface area contributed by atoms with Gasteiger partial charge in [-0.05, 0) is 24.8 Å².